The van der Waals surface area contributed by atoms with E-state index in [-0.39, 0.29) is 18.0 Å². The van der Waals surface area contributed by atoms with Crippen molar-refractivity contribution in [3.8, 4) is 0 Å². The average Bonchev–Trinajstić information content (AvgIpc) is 2.62. The van der Waals surface area contributed by atoms with Crippen LogP contribution in [-0.2, 0) is 26.0 Å². The summed E-state index contributed by atoms with van der Waals surface area (Å²) < 4.78 is 25.8. The molecule has 1 amide bonds. The third kappa shape index (κ3) is 4.95. The Morgan fingerprint density at radius 1 is 1.17 bits per heavy atom. The van der Waals surface area contributed by atoms with Crippen molar-refractivity contribution in [2.75, 3.05) is 21.2 Å². The van der Waals surface area contributed by atoms with Crippen LogP contribution in [0.5, 0.6) is 0 Å². The Bertz CT molecular complexity index is 1020. The lowest BCUT2D eigenvalue weighted by Gasteiger charge is -2.39. The normalized spacial score (nSPS) is 18.7. The van der Waals surface area contributed by atoms with E-state index in [1.54, 1.807) is 23.1 Å². The van der Waals surface area contributed by atoms with E-state index in [9.17, 15) is 18.0 Å². The first kappa shape index (κ1) is 20.9. The molecule has 154 valence electrons. The maximum Gasteiger partial charge on any atom is 0.229 e. The summed E-state index contributed by atoms with van der Waals surface area (Å²) in [6.45, 7) is 3.53. The van der Waals surface area contributed by atoms with Gasteiger partial charge in [-0.25, -0.2) is 8.42 Å². The molecule has 1 heterocycles. The van der Waals surface area contributed by atoms with Gasteiger partial charge in [0.2, 0.25) is 15.9 Å². The molecule has 8 heteroatoms. The van der Waals surface area contributed by atoms with Gasteiger partial charge in [-0.3, -0.25) is 9.52 Å². The van der Waals surface area contributed by atoms with Crippen LogP contribution in [0.4, 0.5) is 17.1 Å². The quantitative estimate of drug-likeness (QED) is 0.707. The van der Waals surface area contributed by atoms with Crippen LogP contribution in [0.2, 0.25) is 0 Å². The van der Waals surface area contributed by atoms with Crippen LogP contribution in [0.25, 0.3) is 0 Å². The molecule has 0 fully saturated rings. The lowest BCUT2D eigenvalue weighted by atomic mass is 9.91. The van der Waals surface area contributed by atoms with Gasteiger partial charge in [0.25, 0.3) is 0 Å². The molecule has 0 bridgehead atoms. The Morgan fingerprint density at radius 2 is 1.83 bits per heavy atom. The number of fused-ring (bicyclic) bond motifs is 1. The van der Waals surface area contributed by atoms with Crippen molar-refractivity contribution < 1.29 is 18.0 Å². The standard InChI is InChI=1S/C21H25N3O4S/c1-14-12-20(22-17-6-4-16(5-7-17)10-11-25)19-13-18(23-29(3,27)28)8-9-21(19)24(14)15(2)26/h4-9,11,13-14,20,22-23H,10,12H2,1-3H3. The Morgan fingerprint density at radius 3 is 2.41 bits per heavy atom. The lowest BCUT2D eigenvalue weighted by molar-refractivity contribution is -0.117. The predicted molar refractivity (Wildman–Crippen MR) is 115 cm³/mol. The van der Waals surface area contributed by atoms with E-state index in [2.05, 4.69) is 10.0 Å². The number of amides is 1. The number of rotatable bonds is 6. The van der Waals surface area contributed by atoms with Gasteiger partial charge in [-0.05, 0) is 49.2 Å². The largest absolute Gasteiger partial charge is 0.378 e. The summed E-state index contributed by atoms with van der Waals surface area (Å²) in [6, 6.07) is 12.7. The minimum absolute atomic E-state index is 0.0134. The number of nitrogens with zero attached hydrogens (tertiary/aromatic N) is 1. The van der Waals surface area contributed by atoms with Crippen molar-refractivity contribution in [2.45, 2.75) is 38.8 Å². The van der Waals surface area contributed by atoms with E-state index < -0.39 is 10.0 Å². The lowest BCUT2D eigenvalue weighted by Crippen LogP contribution is -2.43. The van der Waals surface area contributed by atoms with E-state index in [4.69, 9.17) is 0 Å². The highest BCUT2D eigenvalue weighted by atomic mass is 32.2. The molecule has 1 aliphatic rings. The molecule has 7 nitrogen and oxygen atoms in total. The van der Waals surface area contributed by atoms with Crippen molar-refractivity contribution in [1.82, 2.24) is 0 Å². The van der Waals surface area contributed by atoms with Gasteiger partial charge in [-0.1, -0.05) is 12.1 Å². The molecule has 0 saturated carbocycles. The van der Waals surface area contributed by atoms with Gasteiger partial charge < -0.3 is 15.0 Å². The van der Waals surface area contributed by atoms with Crippen LogP contribution >= 0.6 is 0 Å². The minimum Gasteiger partial charge on any atom is -0.378 e. The molecule has 1 aliphatic heterocycles. The van der Waals surface area contributed by atoms with Gasteiger partial charge in [0.1, 0.15) is 6.29 Å². The SMILES string of the molecule is CC(=O)N1c2ccc(NS(C)(=O)=O)cc2C(Nc2ccc(CC=O)cc2)CC1C. The number of aldehydes is 1. The van der Waals surface area contributed by atoms with Gasteiger partial charge >= 0.3 is 0 Å². The number of hydrogen-bond donors (Lipinski definition) is 2. The van der Waals surface area contributed by atoms with Crippen LogP contribution in [0.1, 0.15) is 37.4 Å². The third-order valence-corrected chi connectivity index (χ3v) is 5.54. The summed E-state index contributed by atoms with van der Waals surface area (Å²) in [5.41, 5.74) is 3.90. The van der Waals surface area contributed by atoms with E-state index in [0.29, 0.717) is 18.5 Å². The molecule has 0 radical (unpaired) electrons. The molecule has 0 aliphatic carbocycles. The van der Waals surface area contributed by atoms with Gasteiger partial charge in [0, 0.05) is 42.0 Å². The summed E-state index contributed by atoms with van der Waals surface area (Å²) in [6.07, 6.45) is 3.02. The van der Waals surface area contributed by atoms with Crippen molar-refractivity contribution in [3.63, 3.8) is 0 Å². The first-order chi connectivity index (χ1) is 13.7. The van der Waals surface area contributed by atoms with Crippen LogP contribution < -0.4 is 14.9 Å². The fourth-order valence-corrected chi connectivity index (χ4v) is 4.35. The molecule has 2 aromatic rings. The third-order valence-electron chi connectivity index (χ3n) is 4.94. The summed E-state index contributed by atoms with van der Waals surface area (Å²) >= 11 is 0. The molecule has 2 aromatic carbocycles. The zero-order chi connectivity index (χ0) is 21.2. The Kier molecular flexibility index (Phi) is 5.93. The van der Waals surface area contributed by atoms with Crippen molar-refractivity contribution in [2.24, 2.45) is 0 Å². The van der Waals surface area contributed by atoms with Gasteiger partial charge in [0.05, 0.1) is 12.3 Å². The average molecular weight is 416 g/mol. The number of nitrogens with one attached hydrogen (secondary N) is 2. The summed E-state index contributed by atoms with van der Waals surface area (Å²) in [5, 5.41) is 3.48. The molecule has 2 atom stereocenters. The Hall–Kier alpha value is -2.87. The molecule has 29 heavy (non-hydrogen) atoms. The van der Waals surface area contributed by atoms with Crippen LogP contribution in [0, 0.1) is 0 Å². The van der Waals surface area contributed by atoms with Crippen LogP contribution in [0.15, 0.2) is 42.5 Å². The second-order valence-corrected chi connectivity index (χ2v) is 9.13. The van der Waals surface area contributed by atoms with Gasteiger partial charge in [0.15, 0.2) is 0 Å². The summed E-state index contributed by atoms with van der Waals surface area (Å²) in [5.74, 6) is -0.0563. The maximum absolute atomic E-state index is 12.2. The van der Waals surface area contributed by atoms with Crippen molar-refractivity contribution in [1.29, 1.82) is 0 Å². The fourth-order valence-electron chi connectivity index (χ4n) is 3.79. The smallest absolute Gasteiger partial charge is 0.229 e. The van der Waals surface area contributed by atoms with Crippen LogP contribution in [-0.4, -0.2) is 32.9 Å². The highest BCUT2D eigenvalue weighted by molar-refractivity contribution is 7.92. The van der Waals surface area contributed by atoms with E-state index in [1.165, 1.54) is 6.92 Å². The highest BCUT2D eigenvalue weighted by Gasteiger charge is 2.32. The number of carbonyl (C=O) groups is 2. The summed E-state index contributed by atoms with van der Waals surface area (Å²) in [4.78, 5) is 24.6. The molecular formula is C21H25N3O4S. The minimum atomic E-state index is -3.41. The zero-order valence-electron chi connectivity index (χ0n) is 16.7. The van der Waals surface area contributed by atoms with Crippen LogP contribution in [0.3, 0.4) is 0 Å². The second kappa shape index (κ2) is 8.24. The molecular weight excluding hydrogens is 390 g/mol. The Labute approximate surface area is 171 Å². The molecule has 0 spiro atoms. The van der Waals surface area contributed by atoms with E-state index in [0.717, 1.165) is 35.0 Å². The number of sulfonamides is 1. The van der Waals surface area contributed by atoms with Crippen molar-refractivity contribution in [3.05, 3.63) is 53.6 Å². The molecule has 0 saturated heterocycles. The number of benzene rings is 2. The molecule has 2 unspecified atom stereocenters. The number of carbonyl (C=O) groups excluding carboxylic acids is 2. The van der Waals surface area contributed by atoms with Crippen molar-refractivity contribution >= 4 is 39.3 Å². The molecule has 0 aromatic heterocycles. The van der Waals surface area contributed by atoms with E-state index >= 15 is 0 Å². The zero-order valence-corrected chi connectivity index (χ0v) is 17.5. The fraction of sp³-hybridized carbons (Fsp3) is 0.333. The van der Waals surface area contributed by atoms with E-state index in [1.807, 2.05) is 31.2 Å². The topological polar surface area (TPSA) is 95.6 Å². The number of hydrogen-bond acceptors (Lipinski definition) is 5. The Balaban J connectivity index is 1.97. The predicted octanol–water partition coefficient (Wildman–Crippen LogP) is 3.10. The monoisotopic (exact) mass is 415 g/mol. The second-order valence-electron chi connectivity index (χ2n) is 7.39. The van der Waals surface area contributed by atoms with Gasteiger partial charge in [-0.15, -0.1) is 0 Å². The first-order valence-electron chi connectivity index (χ1n) is 9.38. The highest BCUT2D eigenvalue weighted by Crippen LogP contribution is 2.40. The number of anilines is 3. The molecule has 2 N–H and O–H groups in total. The first-order valence-corrected chi connectivity index (χ1v) is 11.3. The molecule has 3 rings (SSSR count). The summed E-state index contributed by atoms with van der Waals surface area (Å²) in [7, 11) is -3.41. The van der Waals surface area contributed by atoms with Gasteiger partial charge in [-0.2, -0.15) is 0 Å². The maximum atomic E-state index is 12.2.